The number of nitrogens with one attached hydrogen (secondary N) is 3. The molecule has 0 aromatic heterocycles. The second kappa shape index (κ2) is 12.2. The molecule has 1 aromatic carbocycles. The molecule has 0 aliphatic carbocycles. The summed E-state index contributed by atoms with van der Waals surface area (Å²) >= 11 is 0. The minimum atomic E-state index is -1.38. The van der Waals surface area contributed by atoms with E-state index in [1.807, 2.05) is 0 Å². The lowest BCUT2D eigenvalue weighted by Crippen LogP contribution is -2.56. The first-order valence-corrected chi connectivity index (χ1v) is 9.80. The molecule has 12 nitrogen and oxygen atoms in total. The number of rotatable bonds is 12. The number of phenolic OH excluding ortho intramolecular Hbond substituents is 1. The Morgan fingerprint density at radius 1 is 0.875 bits per heavy atom. The van der Waals surface area contributed by atoms with Gasteiger partial charge in [0.1, 0.15) is 23.9 Å². The van der Waals surface area contributed by atoms with Crippen molar-refractivity contribution < 1.29 is 39.3 Å². The van der Waals surface area contributed by atoms with E-state index in [0.29, 0.717) is 6.42 Å². The third kappa shape index (κ3) is 9.00. The molecule has 176 valence electrons. The van der Waals surface area contributed by atoms with Crippen LogP contribution in [0.3, 0.4) is 0 Å². The fourth-order valence-corrected chi connectivity index (χ4v) is 2.58. The third-order valence-electron chi connectivity index (χ3n) is 4.50. The fraction of sp³-hybridized carbons (Fsp3) is 0.450. The zero-order chi connectivity index (χ0) is 24.4. The van der Waals surface area contributed by atoms with Gasteiger partial charge in [-0.2, -0.15) is 0 Å². The second-order valence-electron chi connectivity index (χ2n) is 7.27. The molecule has 0 heterocycles. The van der Waals surface area contributed by atoms with E-state index in [0.717, 1.165) is 5.56 Å². The van der Waals surface area contributed by atoms with Crippen molar-refractivity contribution >= 4 is 29.7 Å². The number of carbonyl (C=O) groups excluding carboxylic acids is 3. The lowest BCUT2D eigenvalue weighted by molar-refractivity contribution is -0.141. The van der Waals surface area contributed by atoms with Crippen LogP contribution in [0.15, 0.2) is 24.3 Å². The van der Waals surface area contributed by atoms with E-state index >= 15 is 0 Å². The standard InChI is InChI=1S/C20H28N4O8/c1-10(17(28)23-11(2)20(31)32)22-19(30)15(24-18(29)14(21)9-16(26)27)8-5-12-3-6-13(25)7-4-12/h3-4,6-7,10-11,14-15,25H,5,8-9,21H2,1-2H3,(H,22,30)(H,23,28)(H,24,29)(H,26,27)(H,31,32)/t10-,11-,14-,15-/m0/s1. The van der Waals surface area contributed by atoms with Crippen LogP contribution >= 0.6 is 0 Å². The first-order chi connectivity index (χ1) is 14.9. The molecule has 4 atom stereocenters. The number of aryl methyl sites for hydroxylation is 1. The van der Waals surface area contributed by atoms with E-state index < -0.39 is 60.2 Å². The highest BCUT2D eigenvalue weighted by Gasteiger charge is 2.28. The van der Waals surface area contributed by atoms with Crippen LogP contribution in [0.5, 0.6) is 5.75 Å². The maximum absolute atomic E-state index is 12.7. The van der Waals surface area contributed by atoms with Crippen molar-refractivity contribution in [3.63, 3.8) is 0 Å². The smallest absolute Gasteiger partial charge is 0.325 e. The van der Waals surface area contributed by atoms with Gasteiger partial charge < -0.3 is 37.0 Å². The van der Waals surface area contributed by atoms with Gasteiger partial charge in [0.25, 0.3) is 0 Å². The minimum absolute atomic E-state index is 0.0615. The van der Waals surface area contributed by atoms with Crippen molar-refractivity contribution in [1.29, 1.82) is 0 Å². The van der Waals surface area contributed by atoms with Gasteiger partial charge in [0.15, 0.2) is 0 Å². The summed E-state index contributed by atoms with van der Waals surface area (Å²) in [5.41, 5.74) is 6.31. The summed E-state index contributed by atoms with van der Waals surface area (Å²) in [7, 11) is 0. The maximum atomic E-state index is 12.7. The van der Waals surface area contributed by atoms with Crippen molar-refractivity contribution in [1.82, 2.24) is 16.0 Å². The highest BCUT2D eigenvalue weighted by molar-refractivity contribution is 5.94. The van der Waals surface area contributed by atoms with E-state index in [-0.39, 0.29) is 12.2 Å². The molecule has 1 rings (SSSR count). The lowest BCUT2D eigenvalue weighted by atomic mass is 10.0. The van der Waals surface area contributed by atoms with E-state index in [4.69, 9.17) is 15.9 Å². The molecule has 0 radical (unpaired) electrons. The normalized spacial score (nSPS) is 14.3. The first-order valence-electron chi connectivity index (χ1n) is 9.80. The highest BCUT2D eigenvalue weighted by atomic mass is 16.4. The van der Waals surface area contributed by atoms with Gasteiger partial charge in [0, 0.05) is 0 Å². The molecule has 0 aliphatic heterocycles. The average Bonchev–Trinajstić information content (AvgIpc) is 2.71. The van der Waals surface area contributed by atoms with Crippen molar-refractivity contribution in [2.45, 2.75) is 57.3 Å². The SMILES string of the molecule is C[C@H](NC(=O)[C@H](C)NC(=O)[C@H](CCc1ccc(O)cc1)NC(=O)[C@@H](N)CC(=O)O)C(=O)O. The zero-order valence-electron chi connectivity index (χ0n) is 17.7. The van der Waals surface area contributed by atoms with Gasteiger partial charge in [-0.25, -0.2) is 0 Å². The second-order valence-corrected chi connectivity index (χ2v) is 7.27. The van der Waals surface area contributed by atoms with Gasteiger partial charge in [-0.3, -0.25) is 24.0 Å². The summed E-state index contributed by atoms with van der Waals surface area (Å²) in [6.07, 6.45) is -0.241. The lowest BCUT2D eigenvalue weighted by Gasteiger charge is -2.23. The van der Waals surface area contributed by atoms with Crippen LogP contribution in [-0.2, 0) is 30.4 Å². The number of carbonyl (C=O) groups is 5. The Kier molecular flexibility index (Phi) is 10.1. The van der Waals surface area contributed by atoms with E-state index in [1.165, 1.54) is 26.0 Å². The molecular formula is C20H28N4O8. The number of aromatic hydroxyl groups is 1. The number of nitrogens with two attached hydrogens (primary N) is 1. The molecule has 0 saturated carbocycles. The Balaban J connectivity index is 2.86. The quantitative estimate of drug-likeness (QED) is 0.201. The highest BCUT2D eigenvalue weighted by Crippen LogP contribution is 2.12. The predicted octanol–water partition coefficient (Wildman–Crippen LogP) is -1.29. The number of aliphatic carboxylic acids is 2. The van der Waals surface area contributed by atoms with Crippen molar-refractivity contribution in [2.75, 3.05) is 0 Å². The van der Waals surface area contributed by atoms with Crippen LogP contribution in [0.2, 0.25) is 0 Å². The number of hydrogen-bond acceptors (Lipinski definition) is 7. The molecule has 32 heavy (non-hydrogen) atoms. The largest absolute Gasteiger partial charge is 0.508 e. The van der Waals surface area contributed by atoms with Crippen molar-refractivity contribution in [2.24, 2.45) is 5.73 Å². The maximum Gasteiger partial charge on any atom is 0.325 e. The van der Waals surface area contributed by atoms with E-state index in [9.17, 15) is 29.1 Å². The molecule has 0 unspecified atom stereocenters. The van der Waals surface area contributed by atoms with Crippen LogP contribution in [0.4, 0.5) is 0 Å². The van der Waals surface area contributed by atoms with Crippen molar-refractivity contribution in [3.05, 3.63) is 29.8 Å². The molecule has 0 spiro atoms. The average molecular weight is 452 g/mol. The van der Waals surface area contributed by atoms with Crippen LogP contribution in [0.25, 0.3) is 0 Å². The Morgan fingerprint density at radius 3 is 1.97 bits per heavy atom. The molecule has 0 aliphatic rings. The summed E-state index contributed by atoms with van der Waals surface area (Å²) in [6, 6.07) is 1.38. The zero-order valence-corrected chi connectivity index (χ0v) is 17.7. The van der Waals surface area contributed by atoms with Crippen LogP contribution in [-0.4, -0.2) is 69.1 Å². The molecule has 8 N–H and O–H groups in total. The number of benzene rings is 1. The number of carboxylic acid groups (broad SMARTS) is 2. The Hall–Kier alpha value is -3.67. The Bertz CT molecular complexity index is 843. The molecular weight excluding hydrogens is 424 g/mol. The van der Waals surface area contributed by atoms with Gasteiger partial charge >= 0.3 is 11.9 Å². The van der Waals surface area contributed by atoms with Crippen LogP contribution in [0.1, 0.15) is 32.3 Å². The molecule has 0 fully saturated rings. The molecule has 0 bridgehead atoms. The molecule has 1 aromatic rings. The van der Waals surface area contributed by atoms with Gasteiger partial charge in [-0.1, -0.05) is 12.1 Å². The van der Waals surface area contributed by atoms with Gasteiger partial charge in [0.2, 0.25) is 17.7 Å². The molecule has 3 amide bonds. The predicted molar refractivity (Wildman–Crippen MR) is 111 cm³/mol. The number of hydrogen-bond donors (Lipinski definition) is 7. The van der Waals surface area contributed by atoms with E-state index in [1.54, 1.807) is 12.1 Å². The number of amides is 3. The molecule has 0 saturated heterocycles. The Morgan fingerprint density at radius 2 is 1.44 bits per heavy atom. The number of carboxylic acids is 2. The summed E-state index contributed by atoms with van der Waals surface area (Å²) in [6.45, 7) is 2.61. The molecule has 12 heteroatoms. The van der Waals surface area contributed by atoms with Gasteiger partial charge in [0.05, 0.1) is 12.5 Å². The third-order valence-corrected chi connectivity index (χ3v) is 4.50. The number of phenols is 1. The summed E-state index contributed by atoms with van der Waals surface area (Å²) < 4.78 is 0. The van der Waals surface area contributed by atoms with Gasteiger partial charge in [-0.15, -0.1) is 0 Å². The van der Waals surface area contributed by atoms with Gasteiger partial charge in [-0.05, 0) is 44.4 Å². The fourth-order valence-electron chi connectivity index (χ4n) is 2.58. The van der Waals surface area contributed by atoms with E-state index in [2.05, 4.69) is 16.0 Å². The topological polar surface area (TPSA) is 208 Å². The minimum Gasteiger partial charge on any atom is -0.508 e. The Labute approximate surface area is 184 Å². The first kappa shape index (κ1) is 26.4. The van der Waals surface area contributed by atoms with Crippen LogP contribution < -0.4 is 21.7 Å². The summed E-state index contributed by atoms with van der Waals surface area (Å²) in [5, 5.41) is 34.0. The van der Waals surface area contributed by atoms with Crippen molar-refractivity contribution in [3.8, 4) is 5.75 Å². The monoisotopic (exact) mass is 452 g/mol. The summed E-state index contributed by atoms with van der Waals surface area (Å²) in [5.74, 6) is -4.79. The summed E-state index contributed by atoms with van der Waals surface area (Å²) in [4.78, 5) is 58.7. The van der Waals surface area contributed by atoms with Crippen LogP contribution in [0, 0.1) is 0 Å².